The van der Waals surface area contributed by atoms with Gasteiger partial charge in [0.15, 0.2) is 6.40 Å². The highest BCUT2D eigenvalue weighted by Gasteiger charge is 2.22. The molecule has 19 nitrogen and oxygen atoms in total. The summed E-state index contributed by atoms with van der Waals surface area (Å²) in [5.74, 6) is -10.6. The molecular weight excluding hydrogens is 558 g/mol. The van der Waals surface area contributed by atoms with Crippen LogP contribution in [0.15, 0.2) is 4.99 Å². The predicted octanol–water partition coefficient (Wildman–Crippen LogP) is -11.2. The molecule has 1 amide bonds. The van der Waals surface area contributed by atoms with Crippen molar-refractivity contribution in [2.24, 2.45) is 10.7 Å². The Balaban J connectivity index is 5.64. The first-order chi connectivity index (χ1) is 19.1. The summed E-state index contributed by atoms with van der Waals surface area (Å²) in [6.07, 6.45) is -0.262. The van der Waals surface area contributed by atoms with Crippen LogP contribution in [0.1, 0.15) is 19.3 Å². The lowest BCUT2D eigenvalue weighted by atomic mass is 10.1. The molecule has 0 heterocycles. The lowest BCUT2D eigenvalue weighted by molar-refractivity contribution is -0.314. The molecule has 0 saturated heterocycles. The molecule has 2 N–H and O–H groups in total. The average Bonchev–Trinajstić information content (AvgIpc) is 2.81. The number of aliphatic imine (C=N–C) groups is 1. The van der Waals surface area contributed by atoms with Crippen LogP contribution in [0.5, 0.6) is 0 Å². The van der Waals surface area contributed by atoms with Gasteiger partial charge < -0.3 is 69.9 Å². The zero-order valence-corrected chi connectivity index (χ0v) is 21.8. The second kappa shape index (κ2) is 19.7. The number of carboxylic acids is 6. The molecule has 0 fully saturated rings. The lowest BCUT2D eigenvalue weighted by Gasteiger charge is -2.36. The van der Waals surface area contributed by atoms with E-state index in [0.29, 0.717) is 6.40 Å². The van der Waals surface area contributed by atoms with Gasteiger partial charge in [-0.1, -0.05) is 0 Å². The Morgan fingerprint density at radius 1 is 0.683 bits per heavy atom. The topological polar surface area (TPSA) is 315 Å². The van der Waals surface area contributed by atoms with Gasteiger partial charge in [-0.15, -0.1) is 0 Å². The number of nitrogens with zero attached hydrogens (tertiary/aromatic N) is 4. The number of amides is 1. The summed E-state index contributed by atoms with van der Waals surface area (Å²) in [5, 5.41) is 66.9. The summed E-state index contributed by atoms with van der Waals surface area (Å²) in [7, 11) is 0. The van der Waals surface area contributed by atoms with Crippen LogP contribution in [0.25, 0.3) is 0 Å². The van der Waals surface area contributed by atoms with E-state index in [2.05, 4.69) is 4.99 Å². The van der Waals surface area contributed by atoms with Gasteiger partial charge in [0.1, 0.15) is 0 Å². The molecule has 0 aliphatic carbocycles. The molecular formula is C22H29N5O14-6. The van der Waals surface area contributed by atoms with Crippen LogP contribution in [0, 0.1) is 0 Å². The minimum absolute atomic E-state index is 0.282. The van der Waals surface area contributed by atoms with Crippen LogP contribution in [-0.4, -0.2) is 134 Å². The third-order valence-corrected chi connectivity index (χ3v) is 5.29. The van der Waals surface area contributed by atoms with Crippen LogP contribution < -0.4 is 36.4 Å². The fraction of sp³-hybridized carbons (Fsp3) is 0.636. The molecule has 19 heteroatoms. The summed E-state index contributed by atoms with van der Waals surface area (Å²) < 4.78 is 5.03. The van der Waals surface area contributed by atoms with Crippen molar-refractivity contribution in [2.45, 2.75) is 31.3 Å². The van der Waals surface area contributed by atoms with E-state index in [0.717, 1.165) is 14.7 Å². The summed E-state index contributed by atoms with van der Waals surface area (Å²) >= 11 is 0. The molecule has 0 aliphatic rings. The van der Waals surface area contributed by atoms with Gasteiger partial charge in [-0.25, -0.2) is 4.99 Å². The van der Waals surface area contributed by atoms with Crippen molar-refractivity contribution in [1.82, 2.24) is 14.7 Å². The van der Waals surface area contributed by atoms with E-state index >= 15 is 0 Å². The minimum Gasteiger partial charge on any atom is -0.549 e. The Kier molecular flexibility index (Phi) is 17.6. The lowest BCUT2D eigenvalue weighted by Crippen LogP contribution is -2.54. The molecule has 0 saturated carbocycles. The number of ether oxygens (including phenoxy) is 1. The van der Waals surface area contributed by atoms with Crippen molar-refractivity contribution in [3.8, 4) is 0 Å². The fourth-order valence-corrected chi connectivity index (χ4v) is 3.45. The number of aliphatic carboxylic acids is 6. The zero-order chi connectivity index (χ0) is 31.5. The monoisotopic (exact) mass is 587 g/mol. The number of rotatable bonds is 25. The predicted molar refractivity (Wildman–Crippen MR) is 120 cm³/mol. The van der Waals surface area contributed by atoms with Crippen LogP contribution in [0.2, 0.25) is 0 Å². The Hall–Kier alpha value is -4.36. The van der Waals surface area contributed by atoms with Gasteiger partial charge in [0, 0.05) is 65.2 Å². The van der Waals surface area contributed by atoms with Crippen molar-refractivity contribution in [3.05, 3.63) is 0 Å². The van der Waals surface area contributed by atoms with Gasteiger partial charge in [-0.2, -0.15) is 0 Å². The SMILES string of the molecule is NC(=O)CCC(N=COCCC(C(=O)[O-])N(CCN(CC(=O)[O-])CC(=O)[O-])CCN(CC(=O)[O-])CC(=O)[O-])C(=O)[O-]. The molecule has 0 bridgehead atoms. The van der Waals surface area contributed by atoms with Crippen molar-refractivity contribution in [3.63, 3.8) is 0 Å². The number of nitrogens with two attached hydrogens (primary N) is 1. The van der Waals surface area contributed by atoms with E-state index in [4.69, 9.17) is 10.5 Å². The number of carbonyl (C=O) groups is 7. The third kappa shape index (κ3) is 18.5. The van der Waals surface area contributed by atoms with Crippen molar-refractivity contribution in [1.29, 1.82) is 0 Å². The molecule has 41 heavy (non-hydrogen) atoms. The van der Waals surface area contributed by atoms with Gasteiger partial charge >= 0.3 is 0 Å². The molecule has 0 aromatic rings. The smallest absolute Gasteiger partial charge is 0.217 e. The standard InChI is InChI=1S/C22H35N5O14/c23-16(28)2-1-14(21(37)38)24-13-41-8-3-15(22(39)40)27(6-4-25(9-17(29)30)10-18(31)32)7-5-26(11-19(33)34)12-20(35)36/h13-15H,1-12H2,(H2,23,28)(H,29,30)(H,31,32)(H,33,34)(H,35,36)(H,37,38)(H,39,40)/p-6. The molecule has 2 atom stereocenters. The molecule has 0 rings (SSSR count). The van der Waals surface area contributed by atoms with E-state index in [-0.39, 0.29) is 45.4 Å². The maximum atomic E-state index is 11.9. The first kappa shape index (κ1) is 36.6. The second-order valence-corrected chi connectivity index (χ2v) is 8.53. The molecule has 0 spiro atoms. The number of hydrogen-bond donors (Lipinski definition) is 1. The molecule has 2 unspecified atom stereocenters. The number of carbonyl (C=O) groups excluding carboxylic acids is 7. The van der Waals surface area contributed by atoms with Gasteiger partial charge in [0.05, 0.1) is 54.5 Å². The maximum absolute atomic E-state index is 11.9. The van der Waals surface area contributed by atoms with Gasteiger partial charge in [-0.05, 0) is 6.42 Å². The van der Waals surface area contributed by atoms with Gasteiger partial charge in [0.25, 0.3) is 0 Å². The van der Waals surface area contributed by atoms with Crippen LogP contribution >= 0.6 is 0 Å². The van der Waals surface area contributed by atoms with E-state index in [1.165, 1.54) is 0 Å². The Labute approximate surface area is 233 Å². The number of primary amides is 1. The quantitative estimate of drug-likeness (QED) is 0.0588. The van der Waals surface area contributed by atoms with Crippen molar-refractivity contribution in [2.75, 3.05) is 59.0 Å². The molecule has 232 valence electrons. The van der Waals surface area contributed by atoms with Gasteiger partial charge in [0.2, 0.25) is 5.91 Å². The van der Waals surface area contributed by atoms with E-state index in [9.17, 15) is 64.2 Å². The summed E-state index contributed by atoms with van der Waals surface area (Å²) in [6.45, 7) is -5.21. The first-order valence-corrected chi connectivity index (χ1v) is 11.9. The van der Waals surface area contributed by atoms with Crippen LogP contribution in [0.4, 0.5) is 0 Å². The number of hydrogen-bond acceptors (Lipinski definition) is 18. The van der Waals surface area contributed by atoms with Crippen LogP contribution in [-0.2, 0) is 38.3 Å². The largest absolute Gasteiger partial charge is 0.549 e. The van der Waals surface area contributed by atoms with E-state index in [1.54, 1.807) is 0 Å². The molecule has 0 radical (unpaired) electrons. The Morgan fingerprint density at radius 2 is 1.12 bits per heavy atom. The normalized spacial score (nSPS) is 12.9. The molecule has 0 aromatic carbocycles. The number of carboxylic acid groups (broad SMARTS) is 6. The fourth-order valence-electron chi connectivity index (χ4n) is 3.45. The zero-order valence-electron chi connectivity index (χ0n) is 21.8. The van der Waals surface area contributed by atoms with Crippen molar-refractivity contribution >= 4 is 48.1 Å². The van der Waals surface area contributed by atoms with E-state index in [1.807, 2.05) is 0 Å². The molecule has 0 aromatic heterocycles. The average molecular weight is 587 g/mol. The highest BCUT2D eigenvalue weighted by molar-refractivity contribution is 5.77. The van der Waals surface area contributed by atoms with Gasteiger partial charge in [-0.3, -0.25) is 19.5 Å². The third-order valence-electron chi connectivity index (χ3n) is 5.29. The second-order valence-electron chi connectivity index (χ2n) is 8.53. The summed E-state index contributed by atoms with van der Waals surface area (Å²) in [5.41, 5.74) is 4.95. The Bertz CT molecular complexity index is 887. The first-order valence-electron chi connectivity index (χ1n) is 11.9. The molecule has 0 aliphatic heterocycles. The highest BCUT2D eigenvalue weighted by Crippen LogP contribution is 2.07. The van der Waals surface area contributed by atoms with Crippen molar-refractivity contribution < 1.29 is 68.9 Å². The Morgan fingerprint density at radius 3 is 1.46 bits per heavy atom. The minimum atomic E-state index is -1.68. The maximum Gasteiger partial charge on any atom is 0.217 e. The summed E-state index contributed by atoms with van der Waals surface area (Å²) in [6, 6.07) is -3.01. The van der Waals surface area contributed by atoms with Crippen LogP contribution in [0.3, 0.4) is 0 Å². The van der Waals surface area contributed by atoms with E-state index < -0.39 is 86.6 Å². The summed E-state index contributed by atoms with van der Waals surface area (Å²) in [4.78, 5) is 84.1. The highest BCUT2D eigenvalue weighted by atomic mass is 16.5.